The number of nitrogens with zero attached hydrogens (tertiary/aromatic N) is 3. The van der Waals surface area contributed by atoms with Crippen LogP contribution in [0.1, 0.15) is 0 Å². The molecule has 0 aliphatic heterocycles. The lowest BCUT2D eigenvalue weighted by molar-refractivity contribution is 0.426. The Hall–Kier alpha value is -1.73. The van der Waals surface area contributed by atoms with Crippen molar-refractivity contribution >= 4 is 12.6 Å². The van der Waals surface area contributed by atoms with Crippen molar-refractivity contribution in [1.82, 2.24) is 14.8 Å². The van der Waals surface area contributed by atoms with Gasteiger partial charge in [0.2, 0.25) is 0 Å². The Morgan fingerprint density at radius 2 is 2.07 bits per heavy atom. The van der Waals surface area contributed by atoms with Gasteiger partial charge in [-0.25, -0.2) is 9.07 Å². The molecular weight excluding hydrogens is 200 g/mol. The molecule has 0 spiro atoms. The summed E-state index contributed by atoms with van der Waals surface area (Å²) in [6, 6.07) is 1.24. The molecule has 2 aromatic rings. The first-order chi connectivity index (χ1) is 7.16. The zero-order valence-corrected chi connectivity index (χ0v) is 7.58. The molecule has 0 atom stereocenters. The number of hydrogen-bond donors (Lipinski definition) is 2. The molecule has 2 heterocycles. The summed E-state index contributed by atoms with van der Waals surface area (Å²) in [6.07, 6.45) is 5.18. The lowest BCUT2D eigenvalue weighted by atomic mass is 9.83. The van der Waals surface area contributed by atoms with Gasteiger partial charge in [-0.2, -0.15) is 5.10 Å². The Labute approximate surface area is 85.0 Å². The molecule has 0 aromatic carbocycles. The lowest BCUT2D eigenvalue weighted by Crippen LogP contribution is -2.28. The fraction of sp³-hybridized carbons (Fsp3) is 0. The smallest absolute Gasteiger partial charge is 0.423 e. The van der Waals surface area contributed by atoms with Crippen molar-refractivity contribution in [1.29, 1.82) is 0 Å². The SMILES string of the molecule is OB(O)c1cnn(-c2cncc(F)c2)c1. The molecule has 76 valence electrons. The molecule has 2 rings (SSSR count). The van der Waals surface area contributed by atoms with Crippen molar-refractivity contribution in [2.24, 2.45) is 0 Å². The highest BCUT2D eigenvalue weighted by molar-refractivity contribution is 6.58. The fourth-order valence-electron chi connectivity index (χ4n) is 1.14. The summed E-state index contributed by atoms with van der Waals surface area (Å²) < 4.78 is 14.1. The number of aromatic nitrogens is 3. The summed E-state index contributed by atoms with van der Waals surface area (Å²) in [6.45, 7) is 0. The number of rotatable bonds is 2. The van der Waals surface area contributed by atoms with Gasteiger partial charge >= 0.3 is 7.12 Å². The van der Waals surface area contributed by atoms with E-state index in [1.807, 2.05) is 0 Å². The van der Waals surface area contributed by atoms with Crippen molar-refractivity contribution in [3.63, 3.8) is 0 Å². The van der Waals surface area contributed by atoms with Gasteiger partial charge in [0.1, 0.15) is 5.82 Å². The topological polar surface area (TPSA) is 71.2 Å². The number of pyridine rings is 1. The highest BCUT2D eigenvalue weighted by Crippen LogP contribution is 2.04. The summed E-state index contributed by atoms with van der Waals surface area (Å²) >= 11 is 0. The predicted molar refractivity (Wildman–Crippen MR) is 51.1 cm³/mol. The first-order valence-corrected chi connectivity index (χ1v) is 4.18. The Morgan fingerprint density at radius 1 is 1.27 bits per heavy atom. The molecule has 7 heteroatoms. The second kappa shape index (κ2) is 3.80. The molecule has 0 radical (unpaired) electrons. The summed E-state index contributed by atoms with van der Waals surface area (Å²) in [5.74, 6) is -0.478. The average molecular weight is 207 g/mol. The van der Waals surface area contributed by atoms with Crippen LogP contribution in [0.15, 0.2) is 30.9 Å². The minimum absolute atomic E-state index is 0.235. The van der Waals surface area contributed by atoms with E-state index in [0.29, 0.717) is 5.69 Å². The molecule has 0 amide bonds. The lowest BCUT2D eigenvalue weighted by Gasteiger charge is -1.99. The van der Waals surface area contributed by atoms with Crippen molar-refractivity contribution < 1.29 is 14.4 Å². The zero-order valence-electron chi connectivity index (χ0n) is 7.58. The number of hydrogen-bond acceptors (Lipinski definition) is 4. The maximum absolute atomic E-state index is 12.8. The van der Waals surface area contributed by atoms with E-state index in [1.54, 1.807) is 0 Å². The van der Waals surface area contributed by atoms with Crippen molar-refractivity contribution in [3.05, 3.63) is 36.7 Å². The predicted octanol–water partition coefficient (Wildman–Crippen LogP) is -0.914. The van der Waals surface area contributed by atoms with Crippen LogP contribution in [0, 0.1) is 5.82 Å². The molecule has 2 aromatic heterocycles. The van der Waals surface area contributed by atoms with E-state index in [4.69, 9.17) is 10.0 Å². The summed E-state index contributed by atoms with van der Waals surface area (Å²) in [4.78, 5) is 3.65. The van der Waals surface area contributed by atoms with Gasteiger partial charge in [0.15, 0.2) is 0 Å². The Kier molecular flexibility index (Phi) is 2.48. The van der Waals surface area contributed by atoms with Crippen LogP contribution in [0.2, 0.25) is 0 Å². The first-order valence-electron chi connectivity index (χ1n) is 4.18. The second-order valence-corrected chi connectivity index (χ2v) is 2.95. The molecule has 5 nitrogen and oxygen atoms in total. The minimum atomic E-state index is -1.58. The van der Waals surface area contributed by atoms with Crippen molar-refractivity contribution in [3.8, 4) is 5.69 Å². The van der Waals surface area contributed by atoms with Crippen LogP contribution < -0.4 is 5.46 Å². The molecule has 2 N–H and O–H groups in total. The van der Waals surface area contributed by atoms with Gasteiger partial charge in [0.05, 0.1) is 18.1 Å². The summed E-state index contributed by atoms with van der Waals surface area (Å²) in [7, 11) is -1.58. The molecule has 0 bridgehead atoms. The van der Waals surface area contributed by atoms with Crippen LogP contribution in [-0.4, -0.2) is 31.9 Å². The third-order valence-electron chi connectivity index (χ3n) is 1.86. The molecule has 0 saturated heterocycles. The van der Waals surface area contributed by atoms with Crippen LogP contribution in [0.3, 0.4) is 0 Å². The standard InChI is InChI=1S/C8H7BFN3O2/c10-7-1-8(4-11-3-7)13-5-6(2-12-13)9(14)15/h1-5,14-15H. The van der Waals surface area contributed by atoms with Gasteiger partial charge < -0.3 is 10.0 Å². The molecule has 15 heavy (non-hydrogen) atoms. The molecule has 0 fully saturated rings. The first kappa shape index (κ1) is 9.82. The minimum Gasteiger partial charge on any atom is -0.423 e. The number of halogens is 1. The third kappa shape index (κ3) is 2.03. The third-order valence-corrected chi connectivity index (χ3v) is 1.86. The molecular formula is C8H7BFN3O2. The normalized spacial score (nSPS) is 10.3. The van der Waals surface area contributed by atoms with Crippen LogP contribution >= 0.6 is 0 Å². The highest BCUT2D eigenvalue weighted by atomic mass is 19.1. The van der Waals surface area contributed by atoms with Crippen LogP contribution in [-0.2, 0) is 0 Å². The van der Waals surface area contributed by atoms with E-state index in [0.717, 1.165) is 6.20 Å². The van der Waals surface area contributed by atoms with Gasteiger partial charge in [-0.3, -0.25) is 4.98 Å². The van der Waals surface area contributed by atoms with E-state index >= 15 is 0 Å². The van der Waals surface area contributed by atoms with Crippen molar-refractivity contribution in [2.75, 3.05) is 0 Å². The second-order valence-electron chi connectivity index (χ2n) is 2.95. The molecule has 0 unspecified atom stereocenters. The average Bonchev–Trinajstić information content (AvgIpc) is 2.66. The monoisotopic (exact) mass is 207 g/mol. The maximum Gasteiger partial charge on any atom is 0.491 e. The van der Waals surface area contributed by atoms with E-state index in [9.17, 15) is 4.39 Å². The van der Waals surface area contributed by atoms with Crippen LogP contribution in [0.5, 0.6) is 0 Å². The van der Waals surface area contributed by atoms with E-state index in [-0.39, 0.29) is 5.46 Å². The van der Waals surface area contributed by atoms with Gasteiger partial charge in [0, 0.05) is 23.9 Å². The van der Waals surface area contributed by atoms with Crippen molar-refractivity contribution in [2.45, 2.75) is 0 Å². The Balaban J connectivity index is 2.37. The largest absolute Gasteiger partial charge is 0.491 e. The molecule has 0 aliphatic carbocycles. The quantitative estimate of drug-likeness (QED) is 0.625. The summed E-state index contributed by atoms with van der Waals surface area (Å²) in [5, 5.41) is 21.5. The molecule has 0 aliphatic rings. The Morgan fingerprint density at radius 3 is 2.67 bits per heavy atom. The Bertz CT molecular complexity index is 474. The molecule has 0 saturated carbocycles. The van der Waals surface area contributed by atoms with Crippen LogP contribution in [0.25, 0.3) is 5.69 Å². The van der Waals surface area contributed by atoms with E-state index in [1.165, 1.54) is 29.3 Å². The van der Waals surface area contributed by atoms with Crippen LogP contribution in [0.4, 0.5) is 4.39 Å². The van der Waals surface area contributed by atoms with Gasteiger partial charge in [-0.15, -0.1) is 0 Å². The fourth-order valence-corrected chi connectivity index (χ4v) is 1.14. The highest BCUT2D eigenvalue weighted by Gasteiger charge is 2.13. The maximum atomic E-state index is 12.8. The van der Waals surface area contributed by atoms with E-state index < -0.39 is 12.9 Å². The van der Waals surface area contributed by atoms with Gasteiger partial charge in [-0.05, 0) is 0 Å². The summed E-state index contributed by atoms with van der Waals surface area (Å²) in [5.41, 5.74) is 0.654. The van der Waals surface area contributed by atoms with Gasteiger partial charge in [0.25, 0.3) is 0 Å². The van der Waals surface area contributed by atoms with E-state index in [2.05, 4.69) is 10.1 Å². The van der Waals surface area contributed by atoms with Gasteiger partial charge in [-0.1, -0.05) is 0 Å². The zero-order chi connectivity index (χ0) is 10.8.